The van der Waals surface area contributed by atoms with Crippen LogP contribution in [0.4, 0.5) is 0 Å². The zero-order valence-electron chi connectivity index (χ0n) is 5.08. The molecule has 0 aromatic heterocycles. The Morgan fingerprint density at radius 2 is 2.44 bits per heavy atom. The van der Waals surface area contributed by atoms with E-state index in [-0.39, 0.29) is 0 Å². The number of rotatable bonds is 0. The third kappa shape index (κ3) is 2.42. The second-order valence-electron chi connectivity index (χ2n) is 1.73. The van der Waals surface area contributed by atoms with Gasteiger partial charge in [-0.2, -0.15) is 0 Å². The van der Waals surface area contributed by atoms with Crippen LogP contribution in [-0.2, 0) is 0 Å². The molecule has 9 heavy (non-hydrogen) atoms. The maximum Gasteiger partial charge on any atom is 0.0319 e. The fourth-order valence-electron chi connectivity index (χ4n) is 0.528. The first-order chi connectivity index (χ1) is 4.39. The lowest BCUT2D eigenvalue weighted by atomic mass is 10.4. The van der Waals surface area contributed by atoms with Crippen LogP contribution in [0.2, 0.25) is 0 Å². The van der Waals surface area contributed by atoms with Crippen molar-refractivity contribution < 1.29 is 0 Å². The average molecular weight is 139 g/mol. The summed E-state index contributed by atoms with van der Waals surface area (Å²) in [6, 6.07) is 0. The van der Waals surface area contributed by atoms with E-state index >= 15 is 0 Å². The molecule has 0 fully saturated rings. The van der Waals surface area contributed by atoms with Crippen LogP contribution in [0.15, 0.2) is 35.4 Å². The number of hydrogen-bond acceptors (Lipinski definition) is 2. The maximum absolute atomic E-state index is 5.51. The topological polar surface area (TPSA) is 26.0 Å². The number of thioether (sulfide) groups is 1. The lowest BCUT2D eigenvalue weighted by molar-refractivity contribution is 1.43. The lowest BCUT2D eigenvalue weighted by Gasteiger charge is -1.93. The summed E-state index contributed by atoms with van der Waals surface area (Å²) in [6.45, 7) is 0. The summed E-state index contributed by atoms with van der Waals surface area (Å²) in [4.78, 5) is 0. The molecule has 1 aliphatic rings. The van der Waals surface area contributed by atoms with Crippen LogP contribution in [0.5, 0.6) is 0 Å². The molecule has 0 bridgehead atoms. The van der Waals surface area contributed by atoms with Crippen molar-refractivity contribution in [1.29, 1.82) is 0 Å². The van der Waals surface area contributed by atoms with Crippen LogP contribution >= 0.6 is 11.8 Å². The summed E-state index contributed by atoms with van der Waals surface area (Å²) < 4.78 is 0. The largest absolute Gasteiger partial charge is 0.399 e. The van der Waals surface area contributed by atoms with Gasteiger partial charge < -0.3 is 5.73 Å². The van der Waals surface area contributed by atoms with Crippen molar-refractivity contribution in [1.82, 2.24) is 0 Å². The molecule has 0 aromatic carbocycles. The highest BCUT2D eigenvalue weighted by Crippen LogP contribution is 2.06. The van der Waals surface area contributed by atoms with Crippen molar-refractivity contribution in [3.63, 3.8) is 0 Å². The van der Waals surface area contributed by atoms with Crippen LogP contribution in [0.25, 0.3) is 0 Å². The average Bonchev–Trinajstić information content (AvgIpc) is 1.79. The zero-order chi connectivity index (χ0) is 6.53. The molecule has 0 aliphatic carbocycles. The van der Waals surface area contributed by atoms with E-state index in [1.54, 1.807) is 11.8 Å². The van der Waals surface area contributed by atoms with E-state index in [1.165, 1.54) is 0 Å². The summed E-state index contributed by atoms with van der Waals surface area (Å²) in [6.07, 6.45) is 7.87. The fraction of sp³-hybridized carbons (Fsp3) is 0.143. The van der Waals surface area contributed by atoms with Crippen molar-refractivity contribution in [2.24, 2.45) is 5.73 Å². The minimum atomic E-state index is 0.818. The Morgan fingerprint density at radius 1 is 1.56 bits per heavy atom. The molecule has 0 amide bonds. The van der Waals surface area contributed by atoms with Gasteiger partial charge in [-0.25, -0.2) is 0 Å². The summed E-state index contributed by atoms with van der Waals surface area (Å²) in [5.74, 6) is 1.04. The first kappa shape index (κ1) is 6.49. The third-order valence-electron chi connectivity index (χ3n) is 0.974. The molecule has 0 saturated heterocycles. The van der Waals surface area contributed by atoms with Gasteiger partial charge in [-0.15, -0.1) is 11.8 Å². The van der Waals surface area contributed by atoms with Gasteiger partial charge in [0.1, 0.15) is 0 Å². The second kappa shape index (κ2) is 3.41. The molecule has 1 aliphatic heterocycles. The van der Waals surface area contributed by atoms with Gasteiger partial charge in [0.05, 0.1) is 0 Å². The van der Waals surface area contributed by atoms with Gasteiger partial charge in [0.15, 0.2) is 0 Å². The molecule has 0 saturated carbocycles. The summed E-state index contributed by atoms with van der Waals surface area (Å²) in [5.41, 5.74) is 6.33. The highest BCUT2D eigenvalue weighted by molar-refractivity contribution is 8.02. The van der Waals surface area contributed by atoms with Gasteiger partial charge >= 0.3 is 0 Å². The summed E-state index contributed by atoms with van der Waals surface area (Å²) >= 11 is 1.74. The van der Waals surface area contributed by atoms with Crippen molar-refractivity contribution in [2.45, 2.75) is 0 Å². The Bertz CT molecular complexity index is 168. The summed E-state index contributed by atoms with van der Waals surface area (Å²) in [7, 11) is 0. The van der Waals surface area contributed by atoms with Gasteiger partial charge in [-0.3, -0.25) is 0 Å². The first-order valence-corrected chi connectivity index (χ1v) is 3.85. The first-order valence-electron chi connectivity index (χ1n) is 2.80. The van der Waals surface area contributed by atoms with E-state index in [0.717, 1.165) is 11.4 Å². The van der Waals surface area contributed by atoms with Crippen molar-refractivity contribution in [2.75, 3.05) is 5.75 Å². The fourth-order valence-corrected chi connectivity index (χ4v) is 1.11. The van der Waals surface area contributed by atoms with Crippen molar-refractivity contribution in [3.05, 3.63) is 35.4 Å². The third-order valence-corrected chi connectivity index (χ3v) is 1.69. The van der Waals surface area contributed by atoms with Crippen LogP contribution in [0, 0.1) is 0 Å². The van der Waals surface area contributed by atoms with E-state index in [2.05, 4.69) is 6.08 Å². The van der Waals surface area contributed by atoms with Crippen LogP contribution < -0.4 is 5.73 Å². The maximum atomic E-state index is 5.51. The Hall–Kier alpha value is -0.630. The molecular weight excluding hydrogens is 130 g/mol. The van der Waals surface area contributed by atoms with Gasteiger partial charge in [-0.05, 0) is 17.6 Å². The van der Waals surface area contributed by atoms with Crippen molar-refractivity contribution >= 4 is 11.8 Å². The van der Waals surface area contributed by atoms with Gasteiger partial charge in [0.25, 0.3) is 0 Å². The molecular formula is C7H9NS. The number of nitrogens with two attached hydrogens (primary N) is 1. The molecule has 0 spiro atoms. The normalized spacial score (nSPS) is 31.3. The Balaban J connectivity index is 2.66. The molecule has 0 atom stereocenters. The standard InChI is InChI=1S/C7H9NS/c8-7-3-1-2-5-9-6-4-7/h1-4,6H,5,8H2/b2-1-,6-4-,7-3+. The van der Waals surface area contributed by atoms with E-state index in [1.807, 2.05) is 23.6 Å². The molecule has 48 valence electrons. The monoisotopic (exact) mass is 139 g/mol. The molecule has 1 rings (SSSR count). The predicted octanol–water partition coefficient (Wildman–Crippen LogP) is 1.65. The smallest absolute Gasteiger partial charge is 0.0319 e. The van der Waals surface area contributed by atoms with Gasteiger partial charge in [0, 0.05) is 11.4 Å². The molecule has 2 N–H and O–H groups in total. The molecule has 1 heterocycles. The molecule has 0 aromatic rings. The minimum Gasteiger partial charge on any atom is -0.399 e. The van der Waals surface area contributed by atoms with E-state index < -0.39 is 0 Å². The number of allylic oxidation sites excluding steroid dienone is 3. The highest BCUT2D eigenvalue weighted by Gasteiger charge is 1.83. The van der Waals surface area contributed by atoms with E-state index in [9.17, 15) is 0 Å². The van der Waals surface area contributed by atoms with Crippen LogP contribution in [0.3, 0.4) is 0 Å². The predicted molar refractivity (Wildman–Crippen MR) is 43.0 cm³/mol. The van der Waals surface area contributed by atoms with Gasteiger partial charge in [0.2, 0.25) is 0 Å². The number of hydrogen-bond donors (Lipinski definition) is 1. The van der Waals surface area contributed by atoms with Crippen molar-refractivity contribution in [3.8, 4) is 0 Å². The molecule has 2 heteroatoms. The molecule has 1 nitrogen and oxygen atoms in total. The highest BCUT2D eigenvalue weighted by atomic mass is 32.2. The Labute approximate surface area is 59.3 Å². The van der Waals surface area contributed by atoms with Crippen LogP contribution in [-0.4, -0.2) is 5.75 Å². The lowest BCUT2D eigenvalue weighted by Crippen LogP contribution is -1.91. The molecule has 0 radical (unpaired) electrons. The quantitative estimate of drug-likeness (QED) is 0.552. The second-order valence-corrected chi connectivity index (χ2v) is 2.67. The van der Waals surface area contributed by atoms with Crippen LogP contribution in [0.1, 0.15) is 0 Å². The summed E-state index contributed by atoms with van der Waals surface area (Å²) in [5, 5.41) is 2.01. The van der Waals surface area contributed by atoms with E-state index in [4.69, 9.17) is 5.73 Å². The van der Waals surface area contributed by atoms with E-state index in [0.29, 0.717) is 0 Å². The zero-order valence-corrected chi connectivity index (χ0v) is 5.90. The Morgan fingerprint density at radius 3 is 3.33 bits per heavy atom. The van der Waals surface area contributed by atoms with Gasteiger partial charge in [-0.1, -0.05) is 12.2 Å². The SMILES string of the molecule is NC1=C/C=C\CS/C=C\1. The minimum absolute atomic E-state index is 0.818. The Kier molecular flexibility index (Phi) is 2.46. The molecule has 0 unspecified atom stereocenters.